The largest absolute Gasteiger partial charge is 0.496 e. The summed E-state index contributed by atoms with van der Waals surface area (Å²) in [5.41, 5.74) is 2.33. The van der Waals surface area contributed by atoms with Gasteiger partial charge in [-0.1, -0.05) is 46.3 Å². The molecule has 0 atom stereocenters. The smallest absolute Gasteiger partial charge is 0.230 e. The van der Waals surface area contributed by atoms with Gasteiger partial charge >= 0.3 is 0 Å². The van der Waals surface area contributed by atoms with Gasteiger partial charge in [0.25, 0.3) is 0 Å². The molecular formula is C18H20BrNO2S. The number of thioether (sulfide) groups is 1. The summed E-state index contributed by atoms with van der Waals surface area (Å²) in [6.07, 6.45) is 0.771. The maximum Gasteiger partial charge on any atom is 0.230 e. The van der Waals surface area contributed by atoms with Crippen molar-refractivity contribution in [2.45, 2.75) is 12.2 Å². The Morgan fingerprint density at radius 3 is 2.65 bits per heavy atom. The Morgan fingerprint density at radius 1 is 1.17 bits per heavy atom. The molecule has 0 saturated carbocycles. The van der Waals surface area contributed by atoms with Gasteiger partial charge in [-0.25, -0.2) is 0 Å². The zero-order valence-corrected chi connectivity index (χ0v) is 15.5. The van der Waals surface area contributed by atoms with Crippen molar-refractivity contribution in [1.82, 2.24) is 5.32 Å². The van der Waals surface area contributed by atoms with E-state index in [-0.39, 0.29) is 5.91 Å². The van der Waals surface area contributed by atoms with Gasteiger partial charge in [0.1, 0.15) is 5.75 Å². The van der Waals surface area contributed by atoms with E-state index >= 15 is 0 Å². The topological polar surface area (TPSA) is 38.3 Å². The molecule has 1 N–H and O–H groups in total. The van der Waals surface area contributed by atoms with E-state index in [1.54, 1.807) is 18.9 Å². The predicted octanol–water partition coefficient (Wildman–Crippen LogP) is 4.05. The highest BCUT2D eigenvalue weighted by Crippen LogP contribution is 2.17. The van der Waals surface area contributed by atoms with Gasteiger partial charge in [-0.3, -0.25) is 4.79 Å². The second kappa shape index (κ2) is 9.63. The monoisotopic (exact) mass is 393 g/mol. The SMILES string of the molecule is COc1ccccc1CCNC(=O)CSCc1ccc(Br)cc1. The molecule has 3 nitrogen and oxygen atoms in total. The third-order valence-electron chi connectivity index (χ3n) is 3.32. The van der Waals surface area contributed by atoms with Gasteiger partial charge in [-0.2, -0.15) is 0 Å². The second-order valence-electron chi connectivity index (χ2n) is 5.03. The number of hydrogen-bond acceptors (Lipinski definition) is 3. The zero-order valence-electron chi connectivity index (χ0n) is 13.0. The van der Waals surface area contributed by atoms with Crippen molar-refractivity contribution in [2.24, 2.45) is 0 Å². The summed E-state index contributed by atoms with van der Waals surface area (Å²) in [5.74, 6) is 2.25. The number of rotatable bonds is 8. The lowest BCUT2D eigenvalue weighted by Crippen LogP contribution is -2.27. The highest BCUT2D eigenvalue weighted by Gasteiger charge is 2.04. The quantitative estimate of drug-likeness (QED) is 0.734. The van der Waals surface area contributed by atoms with Crippen LogP contribution in [0.3, 0.4) is 0 Å². The molecule has 0 bridgehead atoms. The summed E-state index contributed by atoms with van der Waals surface area (Å²) in [4.78, 5) is 11.9. The number of amides is 1. The molecule has 0 aliphatic heterocycles. The van der Waals surface area contributed by atoms with Crippen molar-refractivity contribution in [3.05, 3.63) is 64.1 Å². The standard InChI is InChI=1S/C18H20BrNO2S/c1-22-17-5-3-2-4-15(17)10-11-20-18(21)13-23-12-14-6-8-16(19)9-7-14/h2-9H,10-13H2,1H3,(H,20,21). The molecule has 0 radical (unpaired) electrons. The van der Waals surface area contributed by atoms with Crippen LogP contribution >= 0.6 is 27.7 Å². The number of methoxy groups -OCH3 is 1. The first-order valence-electron chi connectivity index (χ1n) is 7.40. The number of benzene rings is 2. The highest BCUT2D eigenvalue weighted by molar-refractivity contribution is 9.10. The van der Waals surface area contributed by atoms with E-state index in [0.29, 0.717) is 12.3 Å². The molecule has 0 aromatic heterocycles. The van der Waals surface area contributed by atoms with Gasteiger partial charge in [0.2, 0.25) is 5.91 Å². The molecule has 2 aromatic carbocycles. The molecule has 0 aliphatic carbocycles. The van der Waals surface area contributed by atoms with Crippen LogP contribution in [0.25, 0.3) is 0 Å². The van der Waals surface area contributed by atoms with Crippen molar-refractivity contribution >= 4 is 33.6 Å². The van der Waals surface area contributed by atoms with Crippen molar-refractivity contribution in [1.29, 1.82) is 0 Å². The fourth-order valence-corrected chi connectivity index (χ4v) is 3.22. The van der Waals surface area contributed by atoms with E-state index in [1.165, 1.54) is 5.56 Å². The molecular weight excluding hydrogens is 374 g/mol. The number of ether oxygens (including phenoxy) is 1. The minimum absolute atomic E-state index is 0.0713. The molecule has 0 fully saturated rings. The van der Waals surface area contributed by atoms with Crippen molar-refractivity contribution < 1.29 is 9.53 Å². The lowest BCUT2D eigenvalue weighted by atomic mass is 10.1. The van der Waals surface area contributed by atoms with Crippen molar-refractivity contribution in [3.63, 3.8) is 0 Å². The van der Waals surface area contributed by atoms with Gasteiger partial charge in [0, 0.05) is 16.8 Å². The Morgan fingerprint density at radius 2 is 1.91 bits per heavy atom. The summed E-state index contributed by atoms with van der Waals surface area (Å²) in [7, 11) is 1.66. The fourth-order valence-electron chi connectivity index (χ4n) is 2.14. The van der Waals surface area contributed by atoms with Crippen LogP contribution in [0.15, 0.2) is 53.0 Å². The maximum atomic E-state index is 11.9. The van der Waals surface area contributed by atoms with Crippen LogP contribution in [0, 0.1) is 0 Å². The van der Waals surface area contributed by atoms with Crippen LogP contribution in [0.2, 0.25) is 0 Å². The number of carbonyl (C=O) groups excluding carboxylic acids is 1. The van der Waals surface area contributed by atoms with E-state index in [9.17, 15) is 4.79 Å². The van der Waals surface area contributed by atoms with Crippen LogP contribution in [-0.4, -0.2) is 25.3 Å². The number of para-hydroxylation sites is 1. The minimum Gasteiger partial charge on any atom is -0.496 e. The number of hydrogen-bond donors (Lipinski definition) is 1. The Bertz CT molecular complexity index is 631. The number of carbonyl (C=O) groups is 1. The molecule has 1 amide bonds. The Kier molecular flexibility index (Phi) is 7.49. The predicted molar refractivity (Wildman–Crippen MR) is 100 cm³/mol. The van der Waals surface area contributed by atoms with E-state index in [0.717, 1.165) is 28.0 Å². The number of halogens is 1. The summed E-state index contributed by atoms with van der Waals surface area (Å²) in [6.45, 7) is 0.623. The van der Waals surface area contributed by atoms with E-state index in [2.05, 4.69) is 33.4 Å². The number of nitrogens with one attached hydrogen (secondary N) is 1. The average Bonchev–Trinajstić information content (AvgIpc) is 2.57. The first-order valence-corrected chi connectivity index (χ1v) is 9.34. The van der Waals surface area contributed by atoms with Gasteiger partial charge in [0.05, 0.1) is 12.9 Å². The summed E-state index contributed by atoms with van der Waals surface area (Å²) >= 11 is 5.04. The van der Waals surface area contributed by atoms with Gasteiger partial charge in [0.15, 0.2) is 0 Å². The summed E-state index contributed by atoms with van der Waals surface area (Å²) in [6, 6.07) is 16.0. The normalized spacial score (nSPS) is 10.3. The highest BCUT2D eigenvalue weighted by atomic mass is 79.9. The zero-order chi connectivity index (χ0) is 16.5. The molecule has 0 saturated heterocycles. The first-order chi connectivity index (χ1) is 11.2. The second-order valence-corrected chi connectivity index (χ2v) is 6.93. The maximum absolute atomic E-state index is 11.9. The van der Waals surface area contributed by atoms with E-state index in [4.69, 9.17) is 4.74 Å². The minimum atomic E-state index is 0.0713. The third-order valence-corrected chi connectivity index (χ3v) is 4.86. The van der Waals surface area contributed by atoms with Crippen molar-refractivity contribution in [3.8, 4) is 5.75 Å². The molecule has 2 rings (SSSR count). The average molecular weight is 394 g/mol. The molecule has 0 unspecified atom stereocenters. The Balaban J connectivity index is 1.66. The molecule has 5 heteroatoms. The van der Waals surface area contributed by atoms with Gasteiger partial charge in [-0.05, 0) is 35.7 Å². The molecule has 23 heavy (non-hydrogen) atoms. The van der Waals surface area contributed by atoms with Crippen LogP contribution in [0.5, 0.6) is 5.75 Å². The summed E-state index contributed by atoms with van der Waals surface area (Å²) < 4.78 is 6.37. The van der Waals surface area contributed by atoms with E-state index in [1.807, 2.05) is 36.4 Å². The van der Waals surface area contributed by atoms with Gasteiger partial charge < -0.3 is 10.1 Å². The molecule has 122 valence electrons. The third kappa shape index (κ3) is 6.28. The van der Waals surface area contributed by atoms with Crippen LogP contribution < -0.4 is 10.1 Å². The fraction of sp³-hybridized carbons (Fsp3) is 0.278. The molecule has 0 heterocycles. The molecule has 2 aromatic rings. The van der Waals surface area contributed by atoms with Gasteiger partial charge in [-0.15, -0.1) is 11.8 Å². The molecule has 0 spiro atoms. The van der Waals surface area contributed by atoms with Crippen molar-refractivity contribution in [2.75, 3.05) is 19.4 Å². The summed E-state index contributed by atoms with van der Waals surface area (Å²) in [5, 5.41) is 2.96. The molecule has 0 aliphatic rings. The Hall–Kier alpha value is -1.46. The van der Waals surface area contributed by atoms with Crippen LogP contribution in [0.1, 0.15) is 11.1 Å². The first kappa shape index (κ1) is 17.9. The lowest BCUT2D eigenvalue weighted by molar-refractivity contribution is -0.118. The Labute approximate surface area is 149 Å². The van der Waals surface area contributed by atoms with Crippen LogP contribution in [-0.2, 0) is 17.0 Å². The van der Waals surface area contributed by atoms with Crippen LogP contribution in [0.4, 0.5) is 0 Å². The lowest BCUT2D eigenvalue weighted by Gasteiger charge is -2.09. The van der Waals surface area contributed by atoms with E-state index < -0.39 is 0 Å².